The third-order valence-electron chi connectivity index (χ3n) is 4.37. The monoisotopic (exact) mass is 461 g/mol. The number of carbonyl (C=O) groups excluding carboxylic acids is 1. The fourth-order valence-electron chi connectivity index (χ4n) is 2.82. The van der Waals surface area contributed by atoms with Crippen LogP contribution >= 0.6 is 11.6 Å². The number of carbonyl (C=O) groups is 1. The van der Waals surface area contributed by atoms with Crippen molar-refractivity contribution in [2.24, 2.45) is 0 Å². The topological polar surface area (TPSA) is 96.6 Å². The number of hydrogen-bond donors (Lipinski definition) is 2. The van der Waals surface area contributed by atoms with E-state index in [1.807, 2.05) is 13.8 Å². The van der Waals surface area contributed by atoms with Crippen LogP contribution in [-0.4, -0.2) is 25.5 Å². The summed E-state index contributed by atoms with van der Waals surface area (Å²) in [5.41, 5.74) is 0.834. The number of ketones is 1. The molecule has 0 spiro atoms. The van der Waals surface area contributed by atoms with Crippen LogP contribution in [-0.2, 0) is 10.0 Å². The molecule has 1 aromatic heterocycles. The summed E-state index contributed by atoms with van der Waals surface area (Å²) in [5, 5.41) is 10.1. The molecule has 2 N–H and O–H groups in total. The second-order valence-corrected chi connectivity index (χ2v) is 9.29. The number of pyridine rings is 1. The van der Waals surface area contributed by atoms with Crippen LogP contribution in [0.2, 0.25) is 5.02 Å². The largest absolute Gasteiger partial charge is 0.491 e. The SMILES string of the molecule is Cc1ccc(C(=O)c2cc(Cl)ccc2NS(=O)(=O)c2ccc(OC(C)C)cc2)c[n+]1O. The molecule has 162 valence electrons. The lowest BCUT2D eigenvalue weighted by atomic mass is 10.0. The maximum atomic E-state index is 13.0. The molecule has 0 bridgehead atoms. The quantitative estimate of drug-likeness (QED) is 0.315. The summed E-state index contributed by atoms with van der Waals surface area (Å²) in [6, 6.07) is 13.4. The second kappa shape index (κ2) is 8.95. The number of hydrogen-bond acceptors (Lipinski definition) is 5. The molecule has 0 amide bonds. The molecule has 0 aliphatic carbocycles. The molecular weight excluding hydrogens is 440 g/mol. The van der Waals surface area contributed by atoms with Gasteiger partial charge in [-0.1, -0.05) is 11.6 Å². The number of nitrogens with zero attached hydrogens (tertiary/aromatic N) is 1. The van der Waals surface area contributed by atoms with Gasteiger partial charge in [0.25, 0.3) is 10.0 Å². The summed E-state index contributed by atoms with van der Waals surface area (Å²) in [7, 11) is -3.98. The van der Waals surface area contributed by atoms with Crippen LogP contribution in [0, 0.1) is 6.92 Å². The Morgan fingerprint density at radius 2 is 1.77 bits per heavy atom. The van der Waals surface area contributed by atoms with Crippen LogP contribution in [0.3, 0.4) is 0 Å². The number of halogens is 1. The number of aryl methyl sites for hydroxylation is 1. The van der Waals surface area contributed by atoms with Crippen molar-refractivity contribution >= 4 is 33.1 Å². The van der Waals surface area contributed by atoms with Crippen molar-refractivity contribution in [1.29, 1.82) is 0 Å². The summed E-state index contributed by atoms with van der Waals surface area (Å²) in [5.74, 6) is 0.0525. The Bertz CT molecular complexity index is 1230. The number of anilines is 1. The van der Waals surface area contributed by atoms with E-state index in [0.29, 0.717) is 11.4 Å². The number of benzene rings is 2. The number of ether oxygens (including phenoxy) is 1. The van der Waals surface area contributed by atoms with E-state index in [9.17, 15) is 18.4 Å². The Labute approximate surface area is 185 Å². The third-order valence-corrected chi connectivity index (χ3v) is 5.98. The first-order chi connectivity index (χ1) is 14.6. The molecule has 2 aromatic carbocycles. The van der Waals surface area contributed by atoms with Gasteiger partial charge in [-0.3, -0.25) is 14.7 Å². The number of rotatable bonds is 7. The van der Waals surface area contributed by atoms with Crippen LogP contribution in [0.4, 0.5) is 5.69 Å². The average molecular weight is 462 g/mol. The lowest BCUT2D eigenvalue weighted by Crippen LogP contribution is -2.34. The first-order valence-corrected chi connectivity index (χ1v) is 11.3. The van der Waals surface area contributed by atoms with Gasteiger partial charge in [0.1, 0.15) is 5.75 Å². The minimum Gasteiger partial charge on any atom is -0.491 e. The van der Waals surface area contributed by atoms with Crippen LogP contribution in [0.15, 0.2) is 65.7 Å². The molecule has 0 unspecified atom stereocenters. The maximum absolute atomic E-state index is 13.0. The molecular formula is C22H22ClN2O5S+. The van der Waals surface area contributed by atoms with E-state index in [-0.39, 0.29) is 32.8 Å². The van der Waals surface area contributed by atoms with E-state index in [1.165, 1.54) is 42.6 Å². The summed E-state index contributed by atoms with van der Waals surface area (Å²) < 4.78 is 34.6. The molecule has 3 aromatic rings. The zero-order valence-electron chi connectivity index (χ0n) is 17.2. The highest BCUT2D eigenvalue weighted by Crippen LogP contribution is 2.26. The van der Waals surface area contributed by atoms with Crippen LogP contribution in [0.5, 0.6) is 5.75 Å². The van der Waals surface area contributed by atoms with Crippen molar-refractivity contribution in [2.75, 3.05) is 4.72 Å². The van der Waals surface area contributed by atoms with Gasteiger partial charge in [0.2, 0.25) is 17.7 Å². The highest BCUT2D eigenvalue weighted by Gasteiger charge is 2.22. The Hall–Kier alpha value is -3.10. The molecule has 0 fully saturated rings. The van der Waals surface area contributed by atoms with E-state index in [1.54, 1.807) is 25.1 Å². The summed E-state index contributed by atoms with van der Waals surface area (Å²) in [6.07, 6.45) is 1.22. The van der Waals surface area contributed by atoms with E-state index < -0.39 is 15.8 Å². The van der Waals surface area contributed by atoms with E-state index in [2.05, 4.69) is 4.72 Å². The highest BCUT2D eigenvalue weighted by atomic mass is 35.5. The van der Waals surface area contributed by atoms with Crippen LogP contribution in [0.1, 0.15) is 35.5 Å². The van der Waals surface area contributed by atoms with Crippen molar-refractivity contribution in [2.45, 2.75) is 31.8 Å². The van der Waals surface area contributed by atoms with Crippen molar-refractivity contribution in [1.82, 2.24) is 0 Å². The molecule has 31 heavy (non-hydrogen) atoms. The predicted molar refractivity (Wildman–Crippen MR) is 116 cm³/mol. The molecule has 0 radical (unpaired) electrons. The molecule has 7 nitrogen and oxygen atoms in total. The number of nitrogens with one attached hydrogen (secondary N) is 1. The Morgan fingerprint density at radius 3 is 2.39 bits per heavy atom. The first-order valence-electron chi connectivity index (χ1n) is 9.42. The summed E-state index contributed by atoms with van der Waals surface area (Å²) in [6.45, 7) is 5.42. The standard InChI is InChI=1S/C22H21ClN2O5S/c1-14(2)30-18-7-9-19(10-8-18)31(28,29)24-21-11-6-17(23)12-20(21)22(26)16-5-4-15(3)25(27)13-16/h4-14H,1-3H3,(H-,24,26,27)/p+1. The zero-order chi connectivity index (χ0) is 22.8. The van der Waals surface area contributed by atoms with Crippen molar-refractivity contribution in [3.63, 3.8) is 0 Å². The molecule has 0 aliphatic rings. The maximum Gasteiger partial charge on any atom is 0.261 e. The molecule has 3 rings (SSSR count). The van der Waals surface area contributed by atoms with Crippen molar-refractivity contribution in [3.05, 3.63) is 82.6 Å². The van der Waals surface area contributed by atoms with E-state index in [0.717, 1.165) is 4.73 Å². The van der Waals surface area contributed by atoms with Gasteiger partial charge >= 0.3 is 0 Å². The molecule has 0 saturated carbocycles. The second-order valence-electron chi connectivity index (χ2n) is 7.17. The summed E-state index contributed by atoms with van der Waals surface area (Å²) >= 11 is 6.05. The van der Waals surface area contributed by atoms with Gasteiger partial charge in [-0.05, 0) is 62.4 Å². The molecule has 9 heteroatoms. The van der Waals surface area contributed by atoms with Gasteiger partial charge in [-0.15, -0.1) is 0 Å². The fraction of sp³-hybridized carbons (Fsp3) is 0.182. The van der Waals surface area contributed by atoms with Gasteiger partial charge in [0, 0.05) is 28.3 Å². The van der Waals surface area contributed by atoms with Crippen molar-refractivity contribution < 1.29 is 27.9 Å². The van der Waals surface area contributed by atoms with E-state index in [4.69, 9.17) is 16.3 Å². The minimum absolute atomic E-state index is 0.0143. The number of aromatic nitrogens is 1. The van der Waals surface area contributed by atoms with Crippen molar-refractivity contribution in [3.8, 4) is 5.75 Å². The molecule has 0 aliphatic heterocycles. The van der Waals surface area contributed by atoms with E-state index >= 15 is 0 Å². The average Bonchev–Trinajstić information content (AvgIpc) is 2.70. The molecule has 0 saturated heterocycles. The minimum atomic E-state index is -3.98. The lowest BCUT2D eigenvalue weighted by molar-refractivity contribution is -0.908. The Balaban J connectivity index is 1.94. The fourth-order valence-corrected chi connectivity index (χ4v) is 4.07. The van der Waals surface area contributed by atoms with Gasteiger partial charge in [-0.25, -0.2) is 8.42 Å². The van der Waals surface area contributed by atoms with Gasteiger partial charge in [0.05, 0.1) is 22.3 Å². The van der Waals surface area contributed by atoms with Gasteiger partial charge < -0.3 is 4.74 Å². The van der Waals surface area contributed by atoms with Gasteiger partial charge in [0.15, 0.2) is 0 Å². The predicted octanol–water partition coefficient (Wildman–Crippen LogP) is 3.99. The van der Waals surface area contributed by atoms with Crippen LogP contribution < -0.4 is 14.2 Å². The molecule has 0 atom stereocenters. The zero-order valence-corrected chi connectivity index (χ0v) is 18.7. The normalized spacial score (nSPS) is 11.4. The number of sulfonamides is 1. The Kier molecular flexibility index (Phi) is 6.52. The van der Waals surface area contributed by atoms with Crippen LogP contribution in [0.25, 0.3) is 0 Å². The first kappa shape index (κ1) is 22.6. The Morgan fingerprint density at radius 1 is 1.10 bits per heavy atom. The summed E-state index contributed by atoms with van der Waals surface area (Å²) in [4.78, 5) is 13.0. The van der Waals surface area contributed by atoms with Gasteiger partial charge in [-0.2, -0.15) is 0 Å². The molecule has 1 heterocycles. The third kappa shape index (κ3) is 5.34. The smallest absolute Gasteiger partial charge is 0.261 e. The lowest BCUT2D eigenvalue weighted by Gasteiger charge is -2.13. The highest BCUT2D eigenvalue weighted by molar-refractivity contribution is 7.92.